The molecule has 1 aliphatic rings. The summed E-state index contributed by atoms with van der Waals surface area (Å²) >= 11 is 0. The van der Waals surface area contributed by atoms with E-state index in [0.717, 1.165) is 45.6 Å². The first-order valence-corrected chi connectivity index (χ1v) is 6.37. The number of halogens is 1. The van der Waals surface area contributed by atoms with Gasteiger partial charge in [-0.1, -0.05) is 12.1 Å². The van der Waals surface area contributed by atoms with Gasteiger partial charge in [-0.05, 0) is 18.6 Å². The molecule has 0 N–H and O–H groups in total. The summed E-state index contributed by atoms with van der Waals surface area (Å²) in [6.45, 7) is 5.33. The van der Waals surface area contributed by atoms with Gasteiger partial charge in [-0.3, -0.25) is 9.69 Å². The Labute approximate surface area is 120 Å². The van der Waals surface area contributed by atoms with E-state index in [1.54, 1.807) is 6.07 Å². The Kier molecular flexibility index (Phi) is 7.48. The third-order valence-corrected chi connectivity index (χ3v) is 3.03. The molecule has 1 aromatic rings. The highest BCUT2D eigenvalue weighted by Gasteiger charge is 2.09. The van der Waals surface area contributed by atoms with E-state index in [0.29, 0.717) is 17.9 Å². The summed E-state index contributed by atoms with van der Waals surface area (Å²) in [6, 6.07) is 7.32. The van der Waals surface area contributed by atoms with Gasteiger partial charge in [-0.2, -0.15) is 0 Å². The molecule has 4 nitrogen and oxygen atoms in total. The lowest BCUT2D eigenvalue weighted by Crippen LogP contribution is -2.37. The molecule has 1 aliphatic heterocycles. The molecule has 0 atom stereocenters. The molecule has 0 unspecified atom stereocenters. The Morgan fingerprint density at radius 3 is 2.74 bits per heavy atom. The van der Waals surface area contributed by atoms with Crippen molar-refractivity contribution in [2.45, 2.75) is 6.42 Å². The van der Waals surface area contributed by atoms with Crippen LogP contribution in [0, 0.1) is 0 Å². The number of hydrogen-bond donors (Lipinski definition) is 0. The Bertz CT molecular complexity index is 381. The molecule has 0 saturated carbocycles. The average molecular weight is 286 g/mol. The molecule has 0 amide bonds. The van der Waals surface area contributed by atoms with Crippen LogP contribution in [0.5, 0.6) is 5.75 Å². The fourth-order valence-electron chi connectivity index (χ4n) is 2.00. The predicted molar refractivity (Wildman–Crippen MR) is 76.4 cm³/mol. The summed E-state index contributed by atoms with van der Waals surface area (Å²) in [6.07, 6.45) is 1.80. The smallest absolute Gasteiger partial charge is 0.153 e. The maximum Gasteiger partial charge on any atom is 0.153 e. The van der Waals surface area contributed by atoms with Gasteiger partial charge < -0.3 is 9.47 Å². The van der Waals surface area contributed by atoms with Crippen molar-refractivity contribution in [3.63, 3.8) is 0 Å². The van der Waals surface area contributed by atoms with Crippen LogP contribution in [-0.4, -0.2) is 50.6 Å². The van der Waals surface area contributed by atoms with Crippen LogP contribution in [0.3, 0.4) is 0 Å². The quantitative estimate of drug-likeness (QED) is 0.592. The van der Waals surface area contributed by atoms with E-state index in [4.69, 9.17) is 9.47 Å². The highest BCUT2D eigenvalue weighted by molar-refractivity contribution is 5.85. The molecule has 1 heterocycles. The third kappa shape index (κ3) is 5.19. The number of ether oxygens (including phenoxy) is 2. The number of benzene rings is 1. The lowest BCUT2D eigenvalue weighted by Gasteiger charge is -2.26. The van der Waals surface area contributed by atoms with E-state index in [1.807, 2.05) is 18.2 Å². The number of para-hydroxylation sites is 1. The molecule has 0 radical (unpaired) electrons. The monoisotopic (exact) mass is 285 g/mol. The molecule has 5 heteroatoms. The van der Waals surface area contributed by atoms with Crippen molar-refractivity contribution in [3.05, 3.63) is 29.8 Å². The van der Waals surface area contributed by atoms with Crippen molar-refractivity contribution in [1.29, 1.82) is 0 Å². The van der Waals surface area contributed by atoms with Crippen molar-refractivity contribution in [2.24, 2.45) is 0 Å². The highest BCUT2D eigenvalue weighted by Crippen LogP contribution is 2.15. The molecular weight excluding hydrogens is 266 g/mol. The van der Waals surface area contributed by atoms with E-state index in [-0.39, 0.29) is 12.4 Å². The van der Waals surface area contributed by atoms with Crippen LogP contribution in [-0.2, 0) is 4.74 Å². The van der Waals surface area contributed by atoms with E-state index in [1.165, 1.54) is 0 Å². The SMILES string of the molecule is Cl.O=Cc1ccccc1OCCCN1CCOCC1. The fraction of sp³-hybridized carbons (Fsp3) is 0.500. The molecule has 0 bridgehead atoms. The fourth-order valence-corrected chi connectivity index (χ4v) is 2.00. The lowest BCUT2D eigenvalue weighted by atomic mass is 10.2. The number of aldehydes is 1. The zero-order valence-corrected chi connectivity index (χ0v) is 11.7. The molecule has 0 aromatic heterocycles. The summed E-state index contributed by atoms with van der Waals surface area (Å²) < 4.78 is 10.9. The summed E-state index contributed by atoms with van der Waals surface area (Å²) in [4.78, 5) is 13.2. The Balaban J connectivity index is 0.00000180. The summed E-state index contributed by atoms with van der Waals surface area (Å²) in [7, 11) is 0. The molecule has 2 rings (SSSR count). The number of hydrogen-bond acceptors (Lipinski definition) is 4. The zero-order chi connectivity index (χ0) is 12.6. The maximum atomic E-state index is 10.8. The molecule has 106 valence electrons. The van der Waals surface area contributed by atoms with Crippen LogP contribution in [0.4, 0.5) is 0 Å². The first-order chi connectivity index (χ1) is 8.90. The molecule has 0 spiro atoms. The standard InChI is InChI=1S/C14H19NO3.ClH/c16-12-13-4-1-2-5-14(13)18-9-3-6-15-7-10-17-11-8-15;/h1-2,4-5,12H,3,6-11H2;1H. The highest BCUT2D eigenvalue weighted by atomic mass is 35.5. The molecule has 1 aromatic carbocycles. The largest absolute Gasteiger partial charge is 0.493 e. The van der Waals surface area contributed by atoms with Crippen molar-refractivity contribution >= 4 is 18.7 Å². The lowest BCUT2D eigenvalue weighted by molar-refractivity contribution is 0.0358. The van der Waals surface area contributed by atoms with Gasteiger partial charge in [0.2, 0.25) is 0 Å². The second-order valence-electron chi connectivity index (χ2n) is 4.31. The van der Waals surface area contributed by atoms with Crippen LogP contribution < -0.4 is 4.74 Å². The van der Waals surface area contributed by atoms with Crippen LogP contribution in [0.15, 0.2) is 24.3 Å². The van der Waals surface area contributed by atoms with E-state index in [9.17, 15) is 4.79 Å². The molecule has 0 aliphatic carbocycles. The van der Waals surface area contributed by atoms with E-state index < -0.39 is 0 Å². The zero-order valence-electron chi connectivity index (χ0n) is 10.9. The summed E-state index contributed by atoms with van der Waals surface area (Å²) in [5.41, 5.74) is 0.615. The van der Waals surface area contributed by atoms with Crippen molar-refractivity contribution in [3.8, 4) is 5.75 Å². The third-order valence-electron chi connectivity index (χ3n) is 3.03. The number of carbonyl (C=O) groups excluding carboxylic acids is 1. The van der Waals surface area contributed by atoms with E-state index >= 15 is 0 Å². The van der Waals surface area contributed by atoms with Gasteiger partial charge in [0, 0.05) is 19.6 Å². The van der Waals surface area contributed by atoms with E-state index in [2.05, 4.69) is 4.90 Å². The first-order valence-electron chi connectivity index (χ1n) is 6.37. The minimum Gasteiger partial charge on any atom is -0.493 e. The van der Waals surface area contributed by atoms with Gasteiger partial charge in [0.25, 0.3) is 0 Å². The molecule has 1 saturated heterocycles. The van der Waals surface area contributed by atoms with Gasteiger partial charge in [0.1, 0.15) is 5.75 Å². The maximum absolute atomic E-state index is 10.8. The Hall–Kier alpha value is -1.10. The molecule has 1 fully saturated rings. The normalized spacial score (nSPS) is 15.6. The predicted octanol–water partition coefficient (Wildman–Crippen LogP) is 2.02. The van der Waals surface area contributed by atoms with Crippen LogP contribution >= 0.6 is 12.4 Å². The summed E-state index contributed by atoms with van der Waals surface area (Å²) in [5, 5.41) is 0. The molecular formula is C14H20ClNO3. The van der Waals surface area contributed by atoms with Gasteiger partial charge in [-0.15, -0.1) is 12.4 Å². The first kappa shape index (κ1) is 16.0. The number of morpholine rings is 1. The number of rotatable bonds is 6. The minimum atomic E-state index is 0. The van der Waals surface area contributed by atoms with Gasteiger partial charge in [0.05, 0.1) is 25.4 Å². The van der Waals surface area contributed by atoms with Crippen LogP contribution in [0.1, 0.15) is 16.8 Å². The van der Waals surface area contributed by atoms with Gasteiger partial charge in [-0.25, -0.2) is 0 Å². The Morgan fingerprint density at radius 2 is 2.00 bits per heavy atom. The minimum absolute atomic E-state index is 0. The van der Waals surface area contributed by atoms with Gasteiger partial charge in [0.15, 0.2) is 6.29 Å². The summed E-state index contributed by atoms with van der Waals surface area (Å²) in [5.74, 6) is 0.675. The molecule has 19 heavy (non-hydrogen) atoms. The van der Waals surface area contributed by atoms with Crippen LogP contribution in [0.2, 0.25) is 0 Å². The van der Waals surface area contributed by atoms with Crippen molar-refractivity contribution < 1.29 is 14.3 Å². The number of nitrogens with zero attached hydrogens (tertiary/aromatic N) is 1. The van der Waals surface area contributed by atoms with Crippen LogP contribution in [0.25, 0.3) is 0 Å². The number of carbonyl (C=O) groups is 1. The Morgan fingerprint density at radius 1 is 1.26 bits per heavy atom. The topological polar surface area (TPSA) is 38.8 Å². The van der Waals surface area contributed by atoms with Crippen molar-refractivity contribution in [1.82, 2.24) is 4.90 Å². The average Bonchev–Trinajstić information content (AvgIpc) is 2.45. The second-order valence-corrected chi connectivity index (χ2v) is 4.31. The van der Waals surface area contributed by atoms with Gasteiger partial charge >= 0.3 is 0 Å². The van der Waals surface area contributed by atoms with Crippen molar-refractivity contribution in [2.75, 3.05) is 39.5 Å². The second kappa shape index (κ2) is 8.91.